The molecule has 62 heavy (non-hydrogen) atoms. The number of nitrogens with zero attached hydrogens (tertiary/aromatic N) is 2. The second-order valence-corrected chi connectivity index (χ2v) is 15.7. The van der Waals surface area contributed by atoms with Gasteiger partial charge in [0.1, 0.15) is 0 Å². The lowest BCUT2D eigenvalue weighted by Gasteiger charge is -2.29. The monoisotopic (exact) mass is 790 g/mol. The summed E-state index contributed by atoms with van der Waals surface area (Å²) < 4.78 is 0. The van der Waals surface area contributed by atoms with E-state index in [1.54, 1.807) is 0 Å². The van der Waals surface area contributed by atoms with Crippen LogP contribution in [0.15, 0.2) is 255 Å². The first-order chi connectivity index (χ1) is 30.8. The Hall–Kier alpha value is -8.20. The van der Waals surface area contributed by atoms with Gasteiger partial charge in [0.25, 0.3) is 0 Å². The van der Waals surface area contributed by atoms with Gasteiger partial charge in [0.15, 0.2) is 0 Å². The van der Waals surface area contributed by atoms with Crippen LogP contribution in [0.5, 0.6) is 0 Å². The number of benzene rings is 11. The lowest BCUT2D eigenvalue weighted by Crippen LogP contribution is -2.12. The van der Waals surface area contributed by atoms with E-state index in [0.29, 0.717) is 0 Å². The third kappa shape index (κ3) is 6.74. The minimum atomic E-state index is 1.08. The van der Waals surface area contributed by atoms with E-state index in [-0.39, 0.29) is 0 Å². The van der Waals surface area contributed by atoms with E-state index in [2.05, 4.69) is 265 Å². The van der Waals surface area contributed by atoms with Crippen LogP contribution in [0.4, 0.5) is 34.1 Å². The van der Waals surface area contributed by atoms with Crippen LogP contribution in [0, 0.1) is 0 Å². The minimum Gasteiger partial charge on any atom is -0.311 e. The highest BCUT2D eigenvalue weighted by molar-refractivity contribution is 6.22. The van der Waals surface area contributed by atoms with E-state index >= 15 is 0 Å². The number of hydrogen-bond donors (Lipinski definition) is 0. The SMILES string of the molecule is c1ccc(-c2c3ccccc3c(-c3ccccc3)c3cc(-c4ccc(N(c5ccc(N(c6ccccc6)c6ccccc6)cc5)c5cccc6ccccc56)cc4)ccc23)cc1. The van der Waals surface area contributed by atoms with Crippen LogP contribution in [-0.2, 0) is 0 Å². The molecule has 11 rings (SSSR count). The van der Waals surface area contributed by atoms with Crippen molar-refractivity contribution < 1.29 is 0 Å². The topological polar surface area (TPSA) is 6.48 Å². The molecule has 0 heterocycles. The molecule has 0 aliphatic rings. The molecule has 292 valence electrons. The van der Waals surface area contributed by atoms with Crippen LogP contribution in [0.2, 0.25) is 0 Å². The molecule has 11 aromatic carbocycles. The van der Waals surface area contributed by atoms with Crippen molar-refractivity contribution in [2.24, 2.45) is 0 Å². The van der Waals surface area contributed by atoms with E-state index < -0.39 is 0 Å². The van der Waals surface area contributed by atoms with Gasteiger partial charge in [0.05, 0.1) is 5.69 Å². The average Bonchev–Trinajstić information content (AvgIpc) is 3.35. The zero-order valence-corrected chi connectivity index (χ0v) is 34.1. The van der Waals surface area contributed by atoms with Crippen LogP contribution in [0.1, 0.15) is 0 Å². The molecule has 0 N–H and O–H groups in total. The van der Waals surface area contributed by atoms with Crippen molar-refractivity contribution in [1.82, 2.24) is 0 Å². The van der Waals surface area contributed by atoms with Crippen molar-refractivity contribution in [3.05, 3.63) is 255 Å². The zero-order chi connectivity index (χ0) is 41.2. The second-order valence-electron chi connectivity index (χ2n) is 15.7. The highest BCUT2D eigenvalue weighted by Gasteiger charge is 2.20. The van der Waals surface area contributed by atoms with Crippen LogP contribution in [-0.4, -0.2) is 0 Å². The van der Waals surface area contributed by atoms with E-state index in [1.807, 2.05) is 0 Å². The van der Waals surface area contributed by atoms with Crippen molar-refractivity contribution in [2.45, 2.75) is 0 Å². The third-order valence-corrected chi connectivity index (χ3v) is 12.0. The second kappa shape index (κ2) is 16.1. The minimum absolute atomic E-state index is 1.08. The summed E-state index contributed by atoms with van der Waals surface area (Å²) in [6.45, 7) is 0. The van der Waals surface area contributed by atoms with Gasteiger partial charge in [0.2, 0.25) is 0 Å². The molecule has 11 aromatic rings. The largest absolute Gasteiger partial charge is 0.311 e. The lowest BCUT2D eigenvalue weighted by molar-refractivity contribution is 1.26. The molecule has 0 spiro atoms. The predicted octanol–water partition coefficient (Wildman–Crippen LogP) is 17.1. The van der Waals surface area contributed by atoms with Crippen molar-refractivity contribution in [2.75, 3.05) is 9.80 Å². The summed E-state index contributed by atoms with van der Waals surface area (Å²) in [5, 5.41) is 7.41. The maximum Gasteiger partial charge on any atom is 0.0540 e. The quantitative estimate of drug-likeness (QED) is 0.134. The van der Waals surface area contributed by atoms with E-state index in [4.69, 9.17) is 0 Å². The Balaban J connectivity index is 1.04. The van der Waals surface area contributed by atoms with Gasteiger partial charge < -0.3 is 9.80 Å². The fourth-order valence-corrected chi connectivity index (χ4v) is 9.18. The molecule has 0 aliphatic carbocycles. The Kier molecular flexibility index (Phi) is 9.57. The van der Waals surface area contributed by atoms with Gasteiger partial charge in [-0.05, 0) is 133 Å². The molecule has 0 radical (unpaired) electrons. The summed E-state index contributed by atoms with van der Waals surface area (Å²) in [4.78, 5) is 4.69. The summed E-state index contributed by atoms with van der Waals surface area (Å²) >= 11 is 0. The van der Waals surface area contributed by atoms with Crippen LogP contribution in [0.25, 0.3) is 65.7 Å². The van der Waals surface area contributed by atoms with Crippen molar-refractivity contribution in [1.29, 1.82) is 0 Å². The molecule has 0 saturated carbocycles. The van der Waals surface area contributed by atoms with Crippen molar-refractivity contribution >= 4 is 66.4 Å². The first-order valence-electron chi connectivity index (χ1n) is 21.3. The first-order valence-corrected chi connectivity index (χ1v) is 21.3. The third-order valence-electron chi connectivity index (χ3n) is 12.0. The normalized spacial score (nSPS) is 11.2. The van der Waals surface area contributed by atoms with E-state index in [0.717, 1.165) is 34.1 Å². The maximum atomic E-state index is 2.40. The number of anilines is 6. The highest BCUT2D eigenvalue weighted by Crippen LogP contribution is 2.46. The lowest BCUT2D eigenvalue weighted by atomic mass is 9.85. The molecule has 0 aromatic heterocycles. The van der Waals surface area contributed by atoms with Crippen molar-refractivity contribution in [3.8, 4) is 33.4 Å². The van der Waals surface area contributed by atoms with Crippen LogP contribution < -0.4 is 9.80 Å². The van der Waals surface area contributed by atoms with Gasteiger partial charge in [0, 0.05) is 33.8 Å². The molecule has 0 fully saturated rings. The van der Waals surface area contributed by atoms with Gasteiger partial charge in [-0.25, -0.2) is 0 Å². The number of fused-ring (bicyclic) bond motifs is 3. The smallest absolute Gasteiger partial charge is 0.0540 e. The molecular formula is C60H42N2. The Morgan fingerprint density at radius 3 is 1.16 bits per heavy atom. The standard InChI is InChI=1S/C60H42N2/c1-5-19-45(20-6-1)59-54-29-15-16-30-55(54)60(46-21-7-2-8-22-46)57-42-47(34-41-56(57)59)43-32-35-51(36-33-43)62(58-31-17-23-44-18-13-14-28-53(44)58)52-39-37-50(38-40-52)61(48-24-9-3-10-25-48)49-26-11-4-12-27-49/h1-42H. The summed E-state index contributed by atoms with van der Waals surface area (Å²) in [6.07, 6.45) is 0. The van der Waals surface area contributed by atoms with Crippen LogP contribution in [0.3, 0.4) is 0 Å². The fraction of sp³-hybridized carbons (Fsp3) is 0. The van der Waals surface area contributed by atoms with Gasteiger partial charge in [-0.3, -0.25) is 0 Å². The number of para-hydroxylation sites is 2. The van der Waals surface area contributed by atoms with E-state index in [1.165, 1.54) is 65.7 Å². The van der Waals surface area contributed by atoms with Crippen LogP contribution >= 0.6 is 0 Å². The zero-order valence-electron chi connectivity index (χ0n) is 34.1. The average molecular weight is 791 g/mol. The molecule has 0 atom stereocenters. The summed E-state index contributed by atoms with van der Waals surface area (Å²) in [7, 11) is 0. The number of rotatable bonds is 9. The Morgan fingerprint density at radius 1 is 0.210 bits per heavy atom. The van der Waals surface area contributed by atoms with Gasteiger partial charge in [-0.15, -0.1) is 0 Å². The van der Waals surface area contributed by atoms with Crippen molar-refractivity contribution in [3.63, 3.8) is 0 Å². The molecular weight excluding hydrogens is 749 g/mol. The van der Waals surface area contributed by atoms with E-state index in [9.17, 15) is 0 Å². The fourth-order valence-electron chi connectivity index (χ4n) is 9.18. The number of hydrogen-bond acceptors (Lipinski definition) is 2. The molecule has 2 nitrogen and oxygen atoms in total. The Morgan fingerprint density at radius 2 is 0.597 bits per heavy atom. The predicted molar refractivity (Wildman–Crippen MR) is 265 cm³/mol. The molecule has 0 saturated heterocycles. The Labute approximate surface area is 362 Å². The Bertz CT molecular complexity index is 3260. The molecule has 0 bridgehead atoms. The summed E-state index contributed by atoms with van der Waals surface area (Å²) in [6, 6.07) is 92.0. The molecule has 0 amide bonds. The van der Waals surface area contributed by atoms with Gasteiger partial charge in [-0.1, -0.05) is 182 Å². The molecule has 2 heteroatoms. The van der Waals surface area contributed by atoms with Gasteiger partial charge in [-0.2, -0.15) is 0 Å². The van der Waals surface area contributed by atoms with Gasteiger partial charge >= 0.3 is 0 Å². The molecule has 0 unspecified atom stereocenters. The highest BCUT2D eigenvalue weighted by atomic mass is 15.2. The molecule has 0 aliphatic heterocycles. The summed E-state index contributed by atoms with van der Waals surface area (Å²) in [5.41, 5.74) is 13.9. The first kappa shape index (κ1) is 36.8. The maximum absolute atomic E-state index is 2.40. The summed E-state index contributed by atoms with van der Waals surface area (Å²) in [5.74, 6) is 0.